The van der Waals surface area contributed by atoms with Gasteiger partial charge >= 0.3 is 0 Å². The molecule has 0 unspecified atom stereocenters. The maximum atomic E-state index is 12.3. The van der Waals surface area contributed by atoms with Gasteiger partial charge in [-0.3, -0.25) is 4.79 Å². The van der Waals surface area contributed by atoms with Crippen LogP contribution in [0.1, 0.15) is 31.2 Å². The van der Waals surface area contributed by atoms with Crippen LogP contribution in [0.3, 0.4) is 0 Å². The number of nitrogens with one attached hydrogen (secondary N) is 1. The molecule has 2 fully saturated rings. The third kappa shape index (κ3) is 2.69. The fourth-order valence-electron chi connectivity index (χ4n) is 2.68. The molecule has 2 aliphatic rings. The van der Waals surface area contributed by atoms with Crippen molar-refractivity contribution in [1.82, 2.24) is 0 Å². The van der Waals surface area contributed by atoms with E-state index in [0.717, 1.165) is 11.3 Å². The molecule has 0 aromatic heterocycles. The number of alkyl halides is 1. The number of anilines is 1. The summed E-state index contributed by atoms with van der Waals surface area (Å²) in [6, 6.07) is 7.81. The average Bonchev–Trinajstić information content (AvgIpc) is 3.23. The Balaban J connectivity index is 1.68. The molecule has 3 heteroatoms. The molecule has 96 valence electrons. The summed E-state index contributed by atoms with van der Waals surface area (Å²) in [4.78, 5) is 12.3. The maximum Gasteiger partial charge on any atom is 0.228 e. The van der Waals surface area contributed by atoms with Gasteiger partial charge in [-0.2, -0.15) is 0 Å². The lowest BCUT2D eigenvalue weighted by atomic mass is 9.97. The van der Waals surface area contributed by atoms with Gasteiger partial charge in [-0.15, -0.1) is 11.6 Å². The number of carbonyl (C=O) groups excluding carboxylic acids is 1. The summed E-state index contributed by atoms with van der Waals surface area (Å²) in [5.74, 6) is 2.25. The fourth-order valence-corrected chi connectivity index (χ4v) is 2.85. The van der Waals surface area contributed by atoms with E-state index >= 15 is 0 Å². The van der Waals surface area contributed by atoms with Crippen molar-refractivity contribution in [2.24, 2.45) is 17.8 Å². The molecule has 0 aliphatic heterocycles. The lowest BCUT2D eigenvalue weighted by Crippen LogP contribution is -2.26. The topological polar surface area (TPSA) is 29.1 Å². The number of carbonyl (C=O) groups is 1. The van der Waals surface area contributed by atoms with Crippen molar-refractivity contribution in [3.63, 3.8) is 0 Å². The van der Waals surface area contributed by atoms with Crippen molar-refractivity contribution in [2.45, 2.75) is 31.6 Å². The molecule has 0 radical (unpaired) electrons. The Morgan fingerprint density at radius 2 is 1.94 bits per heavy atom. The van der Waals surface area contributed by atoms with Gasteiger partial charge in [-0.05, 0) is 55.2 Å². The monoisotopic (exact) mass is 263 g/mol. The number of hydrogen-bond donors (Lipinski definition) is 1. The van der Waals surface area contributed by atoms with Crippen LogP contribution in [0.15, 0.2) is 24.3 Å². The van der Waals surface area contributed by atoms with Gasteiger partial charge in [0.1, 0.15) is 0 Å². The normalized spacial score (nSPS) is 19.0. The molecule has 18 heavy (non-hydrogen) atoms. The first-order chi connectivity index (χ1) is 8.78. The van der Waals surface area contributed by atoms with E-state index in [9.17, 15) is 4.79 Å². The molecule has 3 rings (SSSR count). The first-order valence-corrected chi connectivity index (χ1v) is 7.27. The van der Waals surface area contributed by atoms with Gasteiger partial charge in [-0.25, -0.2) is 0 Å². The van der Waals surface area contributed by atoms with Crippen LogP contribution in [-0.4, -0.2) is 5.91 Å². The van der Waals surface area contributed by atoms with Gasteiger partial charge in [0.15, 0.2) is 0 Å². The summed E-state index contributed by atoms with van der Waals surface area (Å²) < 4.78 is 0. The van der Waals surface area contributed by atoms with Crippen molar-refractivity contribution >= 4 is 23.2 Å². The summed E-state index contributed by atoms with van der Waals surface area (Å²) in [6.07, 6.45) is 4.93. The van der Waals surface area contributed by atoms with Gasteiger partial charge in [0.2, 0.25) is 5.91 Å². The Kier molecular flexibility index (Phi) is 3.29. The zero-order chi connectivity index (χ0) is 12.5. The number of amides is 1. The Morgan fingerprint density at radius 3 is 2.50 bits per heavy atom. The van der Waals surface area contributed by atoms with E-state index in [1.165, 1.54) is 25.7 Å². The summed E-state index contributed by atoms with van der Waals surface area (Å²) in [7, 11) is 0. The summed E-state index contributed by atoms with van der Waals surface area (Å²) in [6.45, 7) is 0. The summed E-state index contributed by atoms with van der Waals surface area (Å²) >= 11 is 5.81. The van der Waals surface area contributed by atoms with Gasteiger partial charge in [0.25, 0.3) is 0 Å². The van der Waals surface area contributed by atoms with Crippen LogP contribution < -0.4 is 5.32 Å². The van der Waals surface area contributed by atoms with Crippen molar-refractivity contribution < 1.29 is 4.79 Å². The molecule has 0 heterocycles. The van der Waals surface area contributed by atoms with Crippen molar-refractivity contribution in [3.05, 3.63) is 29.8 Å². The minimum atomic E-state index is 0.215. The third-order valence-corrected chi connectivity index (χ3v) is 4.22. The molecule has 0 atom stereocenters. The molecule has 0 saturated heterocycles. The van der Waals surface area contributed by atoms with Crippen LogP contribution in [0.4, 0.5) is 5.69 Å². The minimum absolute atomic E-state index is 0.215. The highest BCUT2D eigenvalue weighted by Crippen LogP contribution is 2.49. The first-order valence-electron chi connectivity index (χ1n) is 6.73. The summed E-state index contributed by atoms with van der Waals surface area (Å²) in [5, 5.41) is 3.06. The lowest BCUT2D eigenvalue weighted by Gasteiger charge is -2.15. The molecule has 2 aliphatic carbocycles. The Morgan fingerprint density at radius 1 is 1.28 bits per heavy atom. The Labute approximate surface area is 113 Å². The average molecular weight is 264 g/mol. The van der Waals surface area contributed by atoms with Crippen molar-refractivity contribution in [2.75, 3.05) is 5.32 Å². The van der Waals surface area contributed by atoms with E-state index in [2.05, 4.69) is 5.32 Å². The third-order valence-electron chi connectivity index (χ3n) is 3.91. The van der Waals surface area contributed by atoms with Gasteiger partial charge in [0.05, 0.1) is 0 Å². The second-order valence-corrected chi connectivity index (χ2v) is 5.79. The number of benzene rings is 1. The number of halogens is 1. The van der Waals surface area contributed by atoms with Crippen LogP contribution in [0.5, 0.6) is 0 Å². The van der Waals surface area contributed by atoms with Crippen LogP contribution >= 0.6 is 11.6 Å². The molecule has 1 aromatic rings. The van der Waals surface area contributed by atoms with Crippen LogP contribution in [0, 0.1) is 17.8 Å². The molecule has 1 amide bonds. The number of rotatable bonds is 5. The molecule has 2 saturated carbocycles. The number of hydrogen-bond acceptors (Lipinski definition) is 1. The van der Waals surface area contributed by atoms with Crippen LogP contribution in [0.25, 0.3) is 0 Å². The molecule has 1 aromatic carbocycles. The second-order valence-electron chi connectivity index (χ2n) is 5.52. The Hall–Kier alpha value is -1.02. The zero-order valence-corrected chi connectivity index (χ0v) is 11.1. The van der Waals surface area contributed by atoms with E-state index in [-0.39, 0.29) is 11.8 Å². The zero-order valence-electron chi connectivity index (χ0n) is 10.4. The van der Waals surface area contributed by atoms with Gasteiger partial charge in [0, 0.05) is 17.5 Å². The standard InChI is InChI=1S/C15H18ClNO/c16-9-10-2-1-3-13(8-10)17-15(18)14(11-4-5-11)12-6-7-12/h1-3,8,11-12,14H,4-7,9H2,(H,17,18). The van der Waals surface area contributed by atoms with E-state index in [1.807, 2.05) is 24.3 Å². The predicted molar refractivity (Wildman–Crippen MR) is 73.6 cm³/mol. The summed E-state index contributed by atoms with van der Waals surface area (Å²) in [5.41, 5.74) is 1.92. The van der Waals surface area contributed by atoms with Gasteiger partial charge in [-0.1, -0.05) is 12.1 Å². The quantitative estimate of drug-likeness (QED) is 0.805. The molecule has 0 spiro atoms. The largest absolute Gasteiger partial charge is 0.326 e. The Bertz CT molecular complexity index is 440. The van der Waals surface area contributed by atoms with Crippen LogP contribution in [0.2, 0.25) is 0 Å². The SMILES string of the molecule is O=C(Nc1cccc(CCl)c1)C(C1CC1)C1CC1. The first kappa shape index (κ1) is 12.0. The highest BCUT2D eigenvalue weighted by molar-refractivity contribution is 6.17. The van der Waals surface area contributed by atoms with E-state index in [4.69, 9.17) is 11.6 Å². The van der Waals surface area contributed by atoms with E-state index in [1.54, 1.807) is 0 Å². The molecular weight excluding hydrogens is 246 g/mol. The molecule has 0 bridgehead atoms. The molecular formula is C15H18ClNO. The molecule has 1 N–H and O–H groups in total. The highest BCUT2D eigenvalue weighted by atomic mass is 35.5. The van der Waals surface area contributed by atoms with Gasteiger partial charge < -0.3 is 5.32 Å². The van der Waals surface area contributed by atoms with Crippen molar-refractivity contribution in [3.8, 4) is 0 Å². The smallest absolute Gasteiger partial charge is 0.228 e. The van der Waals surface area contributed by atoms with E-state index < -0.39 is 0 Å². The van der Waals surface area contributed by atoms with E-state index in [0.29, 0.717) is 17.7 Å². The molecule has 2 nitrogen and oxygen atoms in total. The highest BCUT2D eigenvalue weighted by Gasteiger charge is 2.45. The fraction of sp³-hybridized carbons (Fsp3) is 0.533. The van der Waals surface area contributed by atoms with Crippen LogP contribution in [-0.2, 0) is 10.7 Å². The van der Waals surface area contributed by atoms with Crippen molar-refractivity contribution in [1.29, 1.82) is 0 Å². The predicted octanol–water partition coefficient (Wildman–Crippen LogP) is 3.80. The minimum Gasteiger partial charge on any atom is -0.326 e. The maximum absolute atomic E-state index is 12.3. The second kappa shape index (κ2) is 4.93. The lowest BCUT2D eigenvalue weighted by molar-refractivity contribution is -0.121.